The molecule has 3 nitrogen and oxygen atoms in total. The van der Waals surface area contributed by atoms with Crippen molar-refractivity contribution < 1.29 is 5.21 Å². The molecule has 0 saturated carbocycles. The molecule has 88 valence electrons. The van der Waals surface area contributed by atoms with E-state index >= 15 is 0 Å². The lowest BCUT2D eigenvalue weighted by atomic mass is 10.0. The van der Waals surface area contributed by atoms with Crippen LogP contribution in [0.15, 0.2) is 24.3 Å². The van der Waals surface area contributed by atoms with Gasteiger partial charge in [-0.3, -0.25) is 15.7 Å². The van der Waals surface area contributed by atoms with E-state index in [2.05, 4.69) is 5.48 Å². The van der Waals surface area contributed by atoms with Gasteiger partial charge in [0.1, 0.15) is 0 Å². The molecule has 3 heteroatoms. The number of anilines is 1. The molecule has 1 aromatic carbocycles. The fraction of sp³-hybridized carbons (Fsp3) is 0.357. The zero-order chi connectivity index (χ0) is 11.7. The van der Waals surface area contributed by atoms with E-state index in [1.54, 1.807) is 0 Å². The molecule has 3 rings (SSSR count). The Morgan fingerprint density at radius 1 is 1.06 bits per heavy atom. The van der Waals surface area contributed by atoms with Gasteiger partial charge in [0.25, 0.3) is 0 Å². The van der Waals surface area contributed by atoms with E-state index in [4.69, 9.17) is 4.98 Å². The first-order valence-electron chi connectivity index (χ1n) is 6.21. The second-order valence-electron chi connectivity index (χ2n) is 4.60. The van der Waals surface area contributed by atoms with E-state index in [0.717, 1.165) is 35.1 Å². The SMILES string of the molecule is ONc1c2c(nc3ccccc13)CCCCC2. The summed E-state index contributed by atoms with van der Waals surface area (Å²) in [4.78, 5) is 4.73. The Labute approximate surface area is 100 Å². The number of hydrogen-bond acceptors (Lipinski definition) is 3. The molecule has 0 aliphatic heterocycles. The van der Waals surface area contributed by atoms with E-state index < -0.39 is 0 Å². The first kappa shape index (κ1) is 10.5. The Kier molecular flexibility index (Phi) is 2.69. The summed E-state index contributed by atoms with van der Waals surface area (Å²) in [6.45, 7) is 0. The molecule has 0 spiro atoms. The highest BCUT2D eigenvalue weighted by atomic mass is 16.5. The van der Waals surface area contributed by atoms with Gasteiger partial charge in [-0.05, 0) is 37.3 Å². The molecule has 1 aliphatic rings. The number of nitrogens with one attached hydrogen (secondary N) is 1. The minimum atomic E-state index is 0.854. The van der Waals surface area contributed by atoms with E-state index in [0.29, 0.717) is 0 Å². The summed E-state index contributed by atoms with van der Waals surface area (Å²) >= 11 is 0. The summed E-state index contributed by atoms with van der Waals surface area (Å²) in [7, 11) is 0. The normalized spacial score (nSPS) is 15.4. The van der Waals surface area contributed by atoms with Gasteiger partial charge in [-0.25, -0.2) is 0 Å². The van der Waals surface area contributed by atoms with Crippen LogP contribution in [0.3, 0.4) is 0 Å². The number of aryl methyl sites for hydroxylation is 1. The van der Waals surface area contributed by atoms with Crippen LogP contribution in [-0.4, -0.2) is 10.2 Å². The van der Waals surface area contributed by atoms with Gasteiger partial charge in [-0.1, -0.05) is 24.6 Å². The molecule has 0 amide bonds. The summed E-state index contributed by atoms with van der Waals surface area (Å²) < 4.78 is 0. The second-order valence-corrected chi connectivity index (χ2v) is 4.60. The van der Waals surface area contributed by atoms with Gasteiger partial charge in [-0.2, -0.15) is 0 Å². The quantitative estimate of drug-likeness (QED) is 0.581. The van der Waals surface area contributed by atoms with Crippen LogP contribution in [-0.2, 0) is 12.8 Å². The monoisotopic (exact) mass is 228 g/mol. The third-order valence-corrected chi connectivity index (χ3v) is 3.53. The third-order valence-electron chi connectivity index (χ3n) is 3.53. The minimum Gasteiger partial charge on any atom is -0.291 e. The maximum Gasteiger partial charge on any atom is 0.0746 e. The summed E-state index contributed by atoms with van der Waals surface area (Å²) in [6, 6.07) is 7.97. The average Bonchev–Trinajstić information content (AvgIpc) is 2.60. The Morgan fingerprint density at radius 2 is 1.88 bits per heavy atom. The maximum absolute atomic E-state index is 9.41. The van der Waals surface area contributed by atoms with Crippen molar-refractivity contribution >= 4 is 16.6 Å². The minimum absolute atomic E-state index is 0.854. The molecule has 0 atom stereocenters. The number of nitrogens with zero attached hydrogens (tertiary/aromatic N) is 1. The fourth-order valence-corrected chi connectivity index (χ4v) is 2.68. The van der Waals surface area contributed by atoms with Crippen molar-refractivity contribution in [3.05, 3.63) is 35.5 Å². The number of para-hydroxylation sites is 1. The number of pyridine rings is 1. The van der Waals surface area contributed by atoms with Crippen LogP contribution in [0, 0.1) is 0 Å². The number of aromatic nitrogens is 1. The molecule has 0 radical (unpaired) electrons. The van der Waals surface area contributed by atoms with E-state index in [1.807, 2.05) is 24.3 Å². The van der Waals surface area contributed by atoms with Crippen LogP contribution in [0.5, 0.6) is 0 Å². The zero-order valence-corrected chi connectivity index (χ0v) is 9.74. The highest BCUT2D eigenvalue weighted by Crippen LogP contribution is 2.32. The molecule has 0 unspecified atom stereocenters. The lowest BCUT2D eigenvalue weighted by molar-refractivity contribution is 0.389. The Bertz CT molecular complexity index is 551. The van der Waals surface area contributed by atoms with E-state index in [1.165, 1.54) is 24.8 Å². The molecule has 2 aromatic rings. The fourth-order valence-electron chi connectivity index (χ4n) is 2.68. The lowest BCUT2D eigenvalue weighted by Crippen LogP contribution is -2.03. The standard InChI is InChI=1S/C14H16N2O/c17-16-14-10-6-2-1-3-8-12(10)15-13-9-5-4-7-11(13)14/h4-5,7,9,17H,1-3,6,8H2,(H,15,16). The van der Waals surface area contributed by atoms with Crippen LogP contribution in [0.25, 0.3) is 10.9 Å². The summed E-state index contributed by atoms with van der Waals surface area (Å²) in [6.07, 6.45) is 5.66. The van der Waals surface area contributed by atoms with Crippen LogP contribution < -0.4 is 5.48 Å². The van der Waals surface area contributed by atoms with Crippen molar-refractivity contribution in [2.24, 2.45) is 0 Å². The van der Waals surface area contributed by atoms with Gasteiger partial charge in [0.15, 0.2) is 0 Å². The van der Waals surface area contributed by atoms with Gasteiger partial charge < -0.3 is 0 Å². The first-order valence-corrected chi connectivity index (χ1v) is 6.21. The predicted octanol–water partition coefficient (Wildman–Crippen LogP) is 3.30. The van der Waals surface area contributed by atoms with Crippen LogP contribution >= 0.6 is 0 Å². The van der Waals surface area contributed by atoms with Crippen LogP contribution in [0.4, 0.5) is 5.69 Å². The Morgan fingerprint density at radius 3 is 2.76 bits per heavy atom. The molecule has 1 aromatic heterocycles. The number of hydrogen-bond donors (Lipinski definition) is 2. The van der Waals surface area contributed by atoms with Crippen LogP contribution in [0.1, 0.15) is 30.5 Å². The summed E-state index contributed by atoms with van der Waals surface area (Å²) in [5.74, 6) is 0. The molecule has 0 bridgehead atoms. The van der Waals surface area contributed by atoms with Gasteiger partial charge in [0.05, 0.1) is 11.2 Å². The third kappa shape index (κ3) is 1.76. The van der Waals surface area contributed by atoms with Crippen molar-refractivity contribution in [1.29, 1.82) is 0 Å². The smallest absolute Gasteiger partial charge is 0.0746 e. The van der Waals surface area contributed by atoms with Crippen molar-refractivity contribution in [1.82, 2.24) is 4.98 Å². The van der Waals surface area contributed by atoms with Crippen molar-refractivity contribution in [3.8, 4) is 0 Å². The molecule has 17 heavy (non-hydrogen) atoms. The molecule has 1 heterocycles. The Hall–Kier alpha value is -1.61. The molecule has 0 saturated heterocycles. The van der Waals surface area contributed by atoms with E-state index in [9.17, 15) is 5.21 Å². The summed E-state index contributed by atoms with van der Waals surface area (Å²) in [5.41, 5.74) is 6.55. The van der Waals surface area contributed by atoms with Gasteiger partial charge >= 0.3 is 0 Å². The van der Waals surface area contributed by atoms with E-state index in [-0.39, 0.29) is 0 Å². The molecular formula is C14H16N2O. The molecule has 0 fully saturated rings. The first-order chi connectivity index (χ1) is 8.40. The predicted molar refractivity (Wildman–Crippen MR) is 68.4 cm³/mol. The van der Waals surface area contributed by atoms with Crippen molar-refractivity contribution in [3.63, 3.8) is 0 Å². The topological polar surface area (TPSA) is 45.1 Å². The number of fused-ring (bicyclic) bond motifs is 2. The number of rotatable bonds is 1. The second kappa shape index (κ2) is 4.34. The maximum atomic E-state index is 9.41. The van der Waals surface area contributed by atoms with Gasteiger partial charge in [-0.15, -0.1) is 0 Å². The highest BCUT2D eigenvalue weighted by Gasteiger charge is 2.16. The number of benzene rings is 1. The summed E-state index contributed by atoms with van der Waals surface area (Å²) in [5, 5.41) is 10.4. The molecule has 2 N–H and O–H groups in total. The van der Waals surface area contributed by atoms with Gasteiger partial charge in [0, 0.05) is 11.1 Å². The van der Waals surface area contributed by atoms with Crippen molar-refractivity contribution in [2.45, 2.75) is 32.1 Å². The Balaban J connectivity index is 2.30. The van der Waals surface area contributed by atoms with Crippen LogP contribution in [0.2, 0.25) is 0 Å². The molecular weight excluding hydrogens is 212 g/mol. The zero-order valence-electron chi connectivity index (χ0n) is 9.74. The average molecular weight is 228 g/mol. The lowest BCUT2D eigenvalue weighted by Gasteiger charge is -2.13. The highest BCUT2D eigenvalue weighted by molar-refractivity contribution is 5.93. The van der Waals surface area contributed by atoms with Gasteiger partial charge in [0.2, 0.25) is 0 Å². The largest absolute Gasteiger partial charge is 0.291 e. The molecule has 1 aliphatic carbocycles. The van der Waals surface area contributed by atoms with Crippen molar-refractivity contribution in [2.75, 3.05) is 5.48 Å².